The van der Waals surface area contributed by atoms with Gasteiger partial charge in [-0.15, -0.1) is 0 Å². The molecular formula is C28H25F6N5O. The molecule has 0 radical (unpaired) electrons. The van der Waals surface area contributed by atoms with Gasteiger partial charge in [0.15, 0.2) is 5.65 Å². The van der Waals surface area contributed by atoms with Crippen molar-refractivity contribution in [2.75, 3.05) is 11.9 Å². The first-order valence-electron chi connectivity index (χ1n) is 12.6. The molecule has 210 valence electrons. The van der Waals surface area contributed by atoms with Crippen LogP contribution in [0.1, 0.15) is 52.0 Å². The molecule has 2 heterocycles. The Hall–Kier alpha value is -4.09. The molecule has 0 bridgehead atoms. The number of nitrogens with zero attached hydrogens (tertiary/aromatic N) is 3. The van der Waals surface area contributed by atoms with Gasteiger partial charge in [0.1, 0.15) is 11.5 Å². The summed E-state index contributed by atoms with van der Waals surface area (Å²) in [7, 11) is 0. The topological polar surface area (TPSA) is 71.3 Å². The number of aryl methyl sites for hydroxylation is 2. The van der Waals surface area contributed by atoms with Crippen molar-refractivity contribution in [3.8, 4) is 11.3 Å². The number of nitrogens with one attached hydrogen (secondary N) is 2. The number of alkyl halides is 5. The third-order valence-electron chi connectivity index (χ3n) is 6.65. The van der Waals surface area contributed by atoms with Gasteiger partial charge in [0, 0.05) is 23.7 Å². The molecule has 12 heteroatoms. The summed E-state index contributed by atoms with van der Waals surface area (Å²) in [6, 6.07) is 9.21. The van der Waals surface area contributed by atoms with E-state index in [4.69, 9.17) is 0 Å². The van der Waals surface area contributed by atoms with Gasteiger partial charge in [-0.1, -0.05) is 17.7 Å². The molecule has 40 heavy (non-hydrogen) atoms. The predicted molar refractivity (Wildman–Crippen MR) is 137 cm³/mol. The van der Waals surface area contributed by atoms with Crippen molar-refractivity contribution < 1.29 is 31.1 Å². The number of benzene rings is 2. The maximum Gasteiger partial charge on any atom is 0.390 e. The van der Waals surface area contributed by atoms with Crippen molar-refractivity contribution in [2.24, 2.45) is 0 Å². The van der Waals surface area contributed by atoms with E-state index in [0.29, 0.717) is 22.3 Å². The van der Waals surface area contributed by atoms with E-state index in [1.165, 1.54) is 19.2 Å². The number of imidazole rings is 1. The summed E-state index contributed by atoms with van der Waals surface area (Å²) in [5, 5.41) is 9.52. The van der Waals surface area contributed by atoms with E-state index in [2.05, 4.69) is 20.7 Å². The van der Waals surface area contributed by atoms with Crippen LogP contribution in [0.3, 0.4) is 0 Å². The van der Waals surface area contributed by atoms with Gasteiger partial charge in [-0.2, -0.15) is 27.1 Å². The number of amides is 1. The van der Waals surface area contributed by atoms with Crippen molar-refractivity contribution in [1.29, 1.82) is 0 Å². The Bertz CT molecular complexity index is 1590. The van der Waals surface area contributed by atoms with Gasteiger partial charge in [0.05, 0.1) is 29.6 Å². The van der Waals surface area contributed by atoms with Gasteiger partial charge in [0.25, 0.3) is 5.91 Å². The summed E-state index contributed by atoms with van der Waals surface area (Å²) in [6.45, 7) is 2.66. The first-order valence-corrected chi connectivity index (χ1v) is 12.6. The van der Waals surface area contributed by atoms with Crippen LogP contribution in [0, 0.1) is 19.7 Å². The molecule has 5 rings (SSSR count). The van der Waals surface area contributed by atoms with E-state index in [1.54, 1.807) is 25.1 Å². The number of aromatic nitrogens is 3. The number of hydrogen-bond acceptors (Lipinski definition) is 4. The van der Waals surface area contributed by atoms with Crippen LogP contribution in [0.4, 0.5) is 32.0 Å². The highest BCUT2D eigenvalue weighted by Crippen LogP contribution is 2.39. The smallest absolute Gasteiger partial charge is 0.382 e. The van der Waals surface area contributed by atoms with Crippen LogP contribution in [0.25, 0.3) is 16.9 Å². The van der Waals surface area contributed by atoms with E-state index < -0.39 is 42.1 Å². The molecule has 0 saturated heterocycles. The van der Waals surface area contributed by atoms with Gasteiger partial charge < -0.3 is 10.6 Å². The molecular weight excluding hydrogens is 536 g/mol. The lowest BCUT2D eigenvalue weighted by atomic mass is 10.0. The first-order chi connectivity index (χ1) is 18.8. The molecule has 4 aromatic rings. The molecule has 6 nitrogen and oxygen atoms in total. The minimum atomic E-state index is -4.47. The van der Waals surface area contributed by atoms with Crippen molar-refractivity contribution in [1.82, 2.24) is 19.9 Å². The summed E-state index contributed by atoms with van der Waals surface area (Å²) < 4.78 is 85.5. The van der Waals surface area contributed by atoms with E-state index in [9.17, 15) is 22.4 Å². The molecule has 1 aliphatic carbocycles. The molecule has 1 fully saturated rings. The van der Waals surface area contributed by atoms with Gasteiger partial charge in [-0.3, -0.25) is 4.79 Å². The lowest BCUT2D eigenvalue weighted by Crippen LogP contribution is -2.26. The van der Waals surface area contributed by atoms with Crippen molar-refractivity contribution in [3.05, 3.63) is 82.4 Å². The molecule has 0 aliphatic heterocycles. The fourth-order valence-electron chi connectivity index (χ4n) is 4.37. The molecule has 1 aliphatic rings. The number of halogens is 6. The van der Waals surface area contributed by atoms with E-state index in [-0.39, 0.29) is 29.0 Å². The molecule has 0 spiro atoms. The van der Waals surface area contributed by atoms with Crippen molar-refractivity contribution >= 4 is 17.2 Å². The number of fused-ring (bicyclic) bond motifs is 1. The summed E-state index contributed by atoms with van der Waals surface area (Å²) in [4.78, 5) is 16.8. The standard InChI is InChI=1S/C28H25F6N5O/c1-15-3-8-21(29)20(11-15)28(33,34)24-13-22(35-10-9-27(30,31)32)25-36-14-23(39(25)38-24)17-4-7-19(16(2)12-17)26(40)37-18-5-6-18/h3-4,7-8,11-14,18,35H,5-6,9-10H2,1-2H3,(H,37,40). The zero-order chi connectivity index (χ0) is 28.8. The number of anilines is 1. The lowest BCUT2D eigenvalue weighted by Gasteiger charge is -2.19. The van der Waals surface area contributed by atoms with Crippen molar-refractivity contribution in [2.45, 2.75) is 51.3 Å². The minimum absolute atomic E-state index is 0.00893. The normalized spacial score (nSPS) is 14.0. The van der Waals surface area contributed by atoms with Gasteiger partial charge in [-0.25, -0.2) is 13.9 Å². The average Bonchev–Trinajstić information content (AvgIpc) is 3.58. The highest BCUT2D eigenvalue weighted by atomic mass is 19.4. The zero-order valence-electron chi connectivity index (χ0n) is 21.5. The second-order valence-electron chi connectivity index (χ2n) is 9.95. The van der Waals surface area contributed by atoms with Crippen LogP contribution < -0.4 is 10.6 Å². The Kier molecular flexibility index (Phi) is 6.97. The molecule has 1 saturated carbocycles. The summed E-state index contributed by atoms with van der Waals surface area (Å²) in [5.74, 6) is -5.29. The molecule has 0 unspecified atom stereocenters. The molecule has 2 aromatic carbocycles. The third kappa shape index (κ3) is 5.61. The Morgan fingerprint density at radius 1 is 1.05 bits per heavy atom. The summed E-state index contributed by atoms with van der Waals surface area (Å²) in [5.41, 5.74) is 0.314. The highest BCUT2D eigenvalue weighted by Gasteiger charge is 2.40. The Morgan fingerprint density at radius 3 is 2.48 bits per heavy atom. The molecule has 2 N–H and O–H groups in total. The van der Waals surface area contributed by atoms with E-state index >= 15 is 8.78 Å². The number of rotatable bonds is 8. The van der Waals surface area contributed by atoms with Crippen LogP contribution in [-0.4, -0.2) is 39.3 Å². The van der Waals surface area contributed by atoms with Crippen LogP contribution in [-0.2, 0) is 5.92 Å². The highest BCUT2D eigenvalue weighted by molar-refractivity contribution is 5.96. The molecule has 0 atom stereocenters. The van der Waals surface area contributed by atoms with Crippen LogP contribution >= 0.6 is 0 Å². The first kappa shape index (κ1) is 27.5. The minimum Gasteiger partial charge on any atom is -0.382 e. The van der Waals surface area contributed by atoms with Crippen LogP contribution in [0.5, 0.6) is 0 Å². The second-order valence-corrected chi connectivity index (χ2v) is 9.95. The van der Waals surface area contributed by atoms with Gasteiger partial charge in [-0.05, 0) is 62.6 Å². The van der Waals surface area contributed by atoms with Gasteiger partial charge in [0.2, 0.25) is 0 Å². The van der Waals surface area contributed by atoms with E-state index in [1.807, 2.05) is 0 Å². The summed E-state index contributed by atoms with van der Waals surface area (Å²) in [6.07, 6.45) is -2.48. The Morgan fingerprint density at radius 2 is 1.80 bits per heavy atom. The average molecular weight is 562 g/mol. The quantitative estimate of drug-likeness (QED) is 0.240. The fraction of sp³-hybridized carbons (Fsp3) is 0.321. The lowest BCUT2D eigenvalue weighted by molar-refractivity contribution is -0.131. The Balaban J connectivity index is 1.60. The molecule has 2 aromatic heterocycles. The monoisotopic (exact) mass is 561 g/mol. The maximum absolute atomic E-state index is 15.7. The number of carbonyl (C=O) groups excluding carboxylic acids is 1. The predicted octanol–water partition coefficient (Wildman–Crippen LogP) is 6.55. The Labute approximate surface area is 225 Å². The van der Waals surface area contributed by atoms with Crippen molar-refractivity contribution in [3.63, 3.8) is 0 Å². The number of hydrogen-bond donors (Lipinski definition) is 2. The van der Waals surface area contributed by atoms with E-state index in [0.717, 1.165) is 35.6 Å². The zero-order valence-corrected chi connectivity index (χ0v) is 21.5. The largest absolute Gasteiger partial charge is 0.390 e. The van der Waals surface area contributed by atoms with Crippen LogP contribution in [0.2, 0.25) is 0 Å². The maximum atomic E-state index is 15.7. The third-order valence-corrected chi connectivity index (χ3v) is 6.65. The SMILES string of the molecule is Cc1ccc(F)c(C(F)(F)c2cc(NCCC(F)(F)F)c3ncc(-c4ccc(C(=O)NC5CC5)c(C)c4)n3n2)c1. The number of carbonyl (C=O) groups is 1. The van der Waals surface area contributed by atoms with Crippen LogP contribution in [0.15, 0.2) is 48.7 Å². The second kappa shape index (κ2) is 10.1. The fourth-order valence-corrected chi connectivity index (χ4v) is 4.37. The molecule has 1 amide bonds. The van der Waals surface area contributed by atoms with Gasteiger partial charge >= 0.3 is 12.1 Å². The summed E-state index contributed by atoms with van der Waals surface area (Å²) >= 11 is 0.